The van der Waals surface area contributed by atoms with Gasteiger partial charge in [0, 0.05) is 11.1 Å². The normalized spacial score (nSPS) is 10.7. The van der Waals surface area contributed by atoms with Crippen molar-refractivity contribution < 1.29 is 9.59 Å². The van der Waals surface area contributed by atoms with Gasteiger partial charge < -0.3 is 0 Å². The Balaban J connectivity index is 2.01. The maximum absolute atomic E-state index is 11.7. The van der Waals surface area contributed by atoms with Crippen molar-refractivity contribution in [1.29, 1.82) is 0 Å². The van der Waals surface area contributed by atoms with Crippen molar-refractivity contribution in [1.82, 2.24) is 0 Å². The van der Waals surface area contributed by atoms with Crippen molar-refractivity contribution in [2.75, 3.05) is 0 Å². The Morgan fingerprint density at radius 3 is 1.59 bits per heavy atom. The van der Waals surface area contributed by atoms with E-state index in [9.17, 15) is 9.59 Å². The second kappa shape index (κ2) is 7.32. The van der Waals surface area contributed by atoms with Gasteiger partial charge in [-0.3, -0.25) is 9.59 Å². The molecule has 3 aromatic rings. The first kappa shape index (κ1) is 18.8. The minimum absolute atomic E-state index is 0.0838. The summed E-state index contributed by atoms with van der Waals surface area (Å²) in [4.78, 5) is 23.2. The standard InChI is InChI=1S/C25H24O2/c1-15-13-21(7-9-23(15)19(5)27)25-11-8-22(14-17(25)3)24-10-6-20(18(4)26)12-16(24)2/h6-14H,1-5H3. The first-order chi connectivity index (χ1) is 12.8. The predicted molar refractivity (Wildman–Crippen MR) is 112 cm³/mol. The highest BCUT2D eigenvalue weighted by Crippen LogP contribution is 2.31. The second-order valence-electron chi connectivity index (χ2n) is 7.20. The minimum atomic E-state index is 0.0838. The monoisotopic (exact) mass is 356 g/mol. The molecule has 0 atom stereocenters. The van der Waals surface area contributed by atoms with E-state index in [2.05, 4.69) is 31.2 Å². The summed E-state index contributed by atoms with van der Waals surface area (Å²) in [5, 5.41) is 0. The fourth-order valence-corrected chi connectivity index (χ4v) is 3.59. The van der Waals surface area contributed by atoms with Crippen molar-refractivity contribution in [3.63, 3.8) is 0 Å². The maximum atomic E-state index is 11.7. The number of hydrogen-bond acceptors (Lipinski definition) is 2. The van der Waals surface area contributed by atoms with Crippen molar-refractivity contribution in [2.24, 2.45) is 0 Å². The zero-order valence-corrected chi connectivity index (χ0v) is 16.5. The molecule has 3 aromatic carbocycles. The molecule has 0 aliphatic carbocycles. The fraction of sp³-hybridized carbons (Fsp3) is 0.200. The number of carbonyl (C=O) groups is 2. The summed E-state index contributed by atoms with van der Waals surface area (Å²) < 4.78 is 0. The number of rotatable bonds is 4. The smallest absolute Gasteiger partial charge is 0.160 e. The largest absolute Gasteiger partial charge is 0.295 e. The molecule has 0 aliphatic rings. The Morgan fingerprint density at radius 2 is 1.11 bits per heavy atom. The molecular formula is C25H24O2. The summed E-state index contributed by atoms with van der Waals surface area (Å²) in [6.07, 6.45) is 0. The van der Waals surface area contributed by atoms with Gasteiger partial charge in [-0.25, -0.2) is 0 Å². The Bertz CT molecular complexity index is 1060. The van der Waals surface area contributed by atoms with E-state index in [0.717, 1.165) is 44.5 Å². The molecule has 0 saturated heterocycles. The molecule has 136 valence electrons. The van der Waals surface area contributed by atoms with Gasteiger partial charge >= 0.3 is 0 Å². The summed E-state index contributed by atoms with van der Waals surface area (Å²) in [6.45, 7) is 9.31. The van der Waals surface area contributed by atoms with Crippen LogP contribution in [0.4, 0.5) is 0 Å². The van der Waals surface area contributed by atoms with Crippen molar-refractivity contribution in [3.05, 3.63) is 82.4 Å². The quantitative estimate of drug-likeness (QED) is 0.510. The number of hydrogen-bond donors (Lipinski definition) is 0. The van der Waals surface area contributed by atoms with Crippen LogP contribution in [0.2, 0.25) is 0 Å². The third kappa shape index (κ3) is 3.75. The molecule has 2 nitrogen and oxygen atoms in total. The summed E-state index contributed by atoms with van der Waals surface area (Å²) in [7, 11) is 0. The first-order valence-corrected chi connectivity index (χ1v) is 9.12. The summed E-state index contributed by atoms with van der Waals surface area (Å²) >= 11 is 0. The maximum Gasteiger partial charge on any atom is 0.160 e. The van der Waals surface area contributed by atoms with Crippen molar-refractivity contribution in [2.45, 2.75) is 34.6 Å². The van der Waals surface area contributed by atoms with Crippen LogP contribution in [0.15, 0.2) is 54.6 Å². The minimum Gasteiger partial charge on any atom is -0.295 e. The van der Waals surface area contributed by atoms with Gasteiger partial charge in [0.2, 0.25) is 0 Å². The molecule has 3 rings (SSSR count). The lowest BCUT2D eigenvalue weighted by Gasteiger charge is -2.13. The Hall–Kier alpha value is -3.00. The van der Waals surface area contributed by atoms with E-state index in [0.29, 0.717) is 0 Å². The molecule has 0 bridgehead atoms. The Morgan fingerprint density at radius 1 is 0.593 bits per heavy atom. The van der Waals surface area contributed by atoms with Gasteiger partial charge in [-0.2, -0.15) is 0 Å². The van der Waals surface area contributed by atoms with Gasteiger partial charge in [0.15, 0.2) is 11.6 Å². The zero-order chi connectivity index (χ0) is 19.7. The fourth-order valence-electron chi connectivity index (χ4n) is 3.59. The van der Waals surface area contributed by atoms with Crippen LogP contribution in [0.3, 0.4) is 0 Å². The number of benzene rings is 3. The van der Waals surface area contributed by atoms with Gasteiger partial charge in [-0.15, -0.1) is 0 Å². The van der Waals surface area contributed by atoms with E-state index in [4.69, 9.17) is 0 Å². The third-order valence-corrected chi connectivity index (χ3v) is 5.09. The van der Waals surface area contributed by atoms with E-state index in [1.54, 1.807) is 13.8 Å². The lowest BCUT2D eigenvalue weighted by molar-refractivity contribution is 0.100. The van der Waals surface area contributed by atoms with Crippen LogP contribution in [0.25, 0.3) is 22.3 Å². The van der Waals surface area contributed by atoms with Crippen LogP contribution < -0.4 is 0 Å². The average molecular weight is 356 g/mol. The van der Waals surface area contributed by atoms with Crippen LogP contribution in [-0.4, -0.2) is 11.6 Å². The zero-order valence-electron chi connectivity index (χ0n) is 16.5. The summed E-state index contributed by atoms with van der Waals surface area (Å²) in [5.74, 6) is 0.177. The van der Waals surface area contributed by atoms with Crippen LogP contribution in [0.5, 0.6) is 0 Å². The van der Waals surface area contributed by atoms with Gasteiger partial charge in [-0.1, -0.05) is 48.5 Å². The van der Waals surface area contributed by atoms with Crippen LogP contribution in [0.1, 0.15) is 51.3 Å². The highest BCUT2D eigenvalue weighted by molar-refractivity contribution is 5.96. The average Bonchev–Trinajstić information content (AvgIpc) is 2.61. The van der Waals surface area contributed by atoms with E-state index < -0.39 is 0 Å². The molecule has 2 heteroatoms. The molecule has 0 heterocycles. The van der Waals surface area contributed by atoms with Crippen molar-refractivity contribution >= 4 is 11.6 Å². The molecule has 0 amide bonds. The lowest BCUT2D eigenvalue weighted by Crippen LogP contribution is -1.97. The molecule has 0 aliphatic heterocycles. The third-order valence-electron chi connectivity index (χ3n) is 5.09. The van der Waals surface area contributed by atoms with Crippen LogP contribution in [-0.2, 0) is 0 Å². The molecule has 0 spiro atoms. The molecule has 27 heavy (non-hydrogen) atoms. The molecule has 0 radical (unpaired) electrons. The predicted octanol–water partition coefficient (Wildman–Crippen LogP) is 6.35. The SMILES string of the molecule is CC(=O)c1ccc(-c2ccc(-c3ccc(C(C)=O)c(C)c3)c(C)c2)c(C)c1. The molecular weight excluding hydrogens is 332 g/mol. The molecule has 0 saturated carbocycles. The summed E-state index contributed by atoms with van der Waals surface area (Å²) in [5.41, 5.74) is 9.34. The van der Waals surface area contributed by atoms with Crippen LogP contribution in [0, 0.1) is 20.8 Å². The van der Waals surface area contributed by atoms with E-state index in [-0.39, 0.29) is 11.6 Å². The number of carbonyl (C=O) groups excluding carboxylic acids is 2. The molecule has 0 aromatic heterocycles. The molecule has 0 fully saturated rings. The van der Waals surface area contributed by atoms with E-state index >= 15 is 0 Å². The van der Waals surface area contributed by atoms with Gasteiger partial charge in [0.1, 0.15) is 0 Å². The lowest BCUT2D eigenvalue weighted by atomic mass is 9.91. The Kier molecular flexibility index (Phi) is 5.09. The second-order valence-corrected chi connectivity index (χ2v) is 7.20. The number of Topliss-reactive ketones (excluding diaryl/α,β-unsaturated/α-hetero) is 2. The topological polar surface area (TPSA) is 34.1 Å². The van der Waals surface area contributed by atoms with E-state index in [1.165, 1.54) is 5.56 Å². The Labute approximate surface area is 160 Å². The number of ketones is 2. The molecule has 0 N–H and O–H groups in total. The molecule has 0 unspecified atom stereocenters. The summed E-state index contributed by atoms with van der Waals surface area (Å²) in [6, 6.07) is 18.3. The number of aryl methyl sites for hydroxylation is 3. The van der Waals surface area contributed by atoms with Crippen molar-refractivity contribution in [3.8, 4) is 22.3 Å². The van der Waals surface area contributed by atoms with Gasteiger partial charge in [0.05, 0.1) is 0 Å². The highest BCUT2D eigenvalue weighted by Gasteiger charge is 2.10. The van der Waals surface area contributed by atoms with Gasteiger partial charge in [0.25, 0.3) is 0 Å². The van der Waals surface area contributed by atoms with E-state index in [1.807, 2.05) is 44.2 Å². The first-order valence-electron chi connectivity index (χ1n) is 9.12. The van der Waals surface area contributed by atoms with Crippen LogP contribution >= 0.6 is 0 Å². The van der Waals surface area contributed by atoms with Gasteiger partial charge in [-0.05, 0) is 79.6 Å². The highest BCUT2D eigenvalue weighted by atomic mass is 16.1.